The molecule has 0 amide bonds. The summed E-state index contributed by atoms with van der Waals surface area (Å²) in [5.41, 5.74) is 0.676. The van der Waals surface area contributed by atoms with Crippen molar-refractivity contribution in [3.63, 3.8) is 0 Å². The highest BCUT2D eigenvalue weighted by Gasteiger charge is 2.18. The molecule has 0 radical (unpaired) electrons. The topological polar surface area (TPSA) is 53.4 Å². The molecule has 15 heavy (non-hydrogen) atoms. The fourth-order valence-corrected chi connectivity index (χ4v) is 2.21. The van der Waals surface area contributed by atoms with Crippen LogP contribution in [0, 0.1) is 0 Å². The predicted octanol–water partition coefficient (Wildman–Crippen LogP) is 2.25. The highest BCUT2D eigenvalue weighted by molar-refractivity contribution is 7.17. The van der Waals surface area contributed by atoms with Crippen molar-refractivity contribution in [3.8, 4) is 0 Å². The van der Waals surface area contributed by atoms with Crippen LogP contribution in [0.15, 0.2) is 0 Å². The standard InChI is InChI=1S/C10H16N2O2S/c1-5-7-8(9(13)14)15-10(11-7)12(4)6(2)3/h6H,5H2,1-4H3,(H,13,14). The largest absolute Gasteiger partial charge is 0.477 e. The van der Waals surface area contributed by atoms with Gasteiger partial charge in [-0.3, -0.25) is 0 Å². The highest BCUT2D eigenvalue weighted by Crippen LogP contribution is 2.27. The van der Waals surface area contributed by atoms with Crippen LogP contribution in [0.2, 0.25) is 0 Å². The number of aromatic carboxylic acids is 1. The van der Waals surface area contributed by atoms with E-state index in [-0.39, 0.29) is 0 Å². The van der Waals surface area contributed by atoms with E-state index >= 15 is 0 Å². The summed E-state index contributed by atoms with van der Waals surface area (Å²) in [6.45, 7) is 6.02. The van der Waals surface area contributed by atoms with Crippen LogP contribution in [-0.4, -0.2) is 29.1 Å². The molecule has 0 spiro atoms. The molecule has 0 saturated carbocycles. The van der Waals surface area contributed by atoms with Crippen LogP contribution >= 0.6 is 11.3 Å². The number of carbonyl (C=O) groups is 1. The Morgan fingerprint density at radius 1 is 1.60 bits per heavy atom. The molecule has 0 fully saturated rings. The Balaban J connectivity index is 3.07. The summed E-state index contributed by atoms with van der Waals surface area (Å²) in [6, 6.07) is 0.322. The lowest BCUT2D eigenvalue weighted by Gasteiger charge is -2.19. The number of carboxylic acid groups (broad SMARTS) is 1. The van der Waals surface area contributed by atoms with Crippen LogP contribution in [0.5, 0.6) is 0 Å². The second kappa shape index (κ2) is 4.61. The van der Waals surface area contributed by atoms with E-state index in [9.17, 15) is 4.79 Å². The van der Waals surface area contributed by atoms with Crippen LogP contribution in [0.1, 0.15) is 36.1 Å². The zero-order valence-electron chi connectivity index (χ0n) is 9.44. The Labute approximate surface area is 93.6 Å². The Morgan fingerprint density at radius 3 is 2.53 bits per heavy atom. The van der Waals surface area contributed by atoms with Crippen LogP contribution in [0.3, 0.4) is 0 Å². The number of anilines is 1. The second-order valence-electron chi connectivity index (χ2n) is 3.64. The van der Waals surface area contributed by atoms with Gasteiger partial charge in [-0.15, -0.1) is 0 Å². The van der Waals surface area contributed by atoms with Crippen LogP contribution < -0.4 is 4.90 Å². The van der Waals surface area contributed by atoms with Gasteiger partial charge in [0.1, 0.15) is 4.88 Å². The third-order valence-electron chi connectivity index (χ3n) is 2.29. The molecule has 0 atom stereocenters. The molecule has 0 unspecified atom stereocenters. The van der Waals surface area contributed by atoms with Gasteiger partial charge < -0.3 is 10.0 Å². The van der Waals surface area contributed by atoms with E-state index in [0.717, 1.165) is 5.13 Å². The number of nitrogens with zero attached hydrogens (tertiary/aromatic N) is 2. The lowest BCUT2D eigenvalue weighted by atomic mass is 10.3. The fraction of sp³-hybridized carbons (Fsp3) is 0.600. The minimum Gasteiger partial charge on any atom is -0.477 e. The second-order valence-corrected chi connectivity index (χ2v) is 4.61. The van der Waals surface area contributed by atoms with Gasteiger partial charge in [0.25, 0.3) is 0 Å². The SMILES string of the molecule is CCc1nc(N(C)C(C)C)sc1C(=O)O. The predicted molar refractivity (Wildman–Crippen MR) is 62.0 cm³/mol. The average molecular weight is 228 g/mol. The quantitative estimate of drug-likeness (QED) is 0.858. The van der Waals surface area contributed by atoms with Gasteiger partial charge in [0.15, 0.2) is 5.13 Å². The van der Waals surface area contributed by atoms with E-state index in [0.29, 0.717) is 23.0 Å². The number of rotatable bonds is 4. The van der Waals surface area contributed by atoms with E-state index in [1.165, 1.54) is 11.3 Å². The summed E-state index contributed by atoms with van der Waals surface area (Å²) in [4.78, 5) is 17.6. The number of hydrogen-bond donors (Lipinski definition) is 1. The molecule has 0 bridgehead atoms. The van der Waals surface area contributed by atoms with E-state index in [2.05, 4.69) is 4.98 Å². The maximum Gasteiger partial charge on any atom is 0.347 e. The molecule has 1 heterocycles. The summed E-state index contributed by atoms with van der Waals surface area (Å²) in [7, 11) is 1.93. The Kier molecular flexibility index (Phi) is 3.68. The van der Waals surface area contributed by atoms with Gasteiger partial charge in [-0.2, -0.15) is 0 Å². The number of thiazole rings is 1. The van der Waals surface area contributed by atoms with Gasteiger partial charge >= 0.3 is 5.97 Å². The lowest BCUT2D eigenvalue weighted by Crippen LogP contribution is -2.25. The van der Waals surface area contributed by atoms with Crippen molar-refractivity contribution in [2.45, 2.75) is 33.2 Å². The van der Waals surface area contributed by atoms with Crippen LogP contribution in [-0.2, 0) is 6.42 Å². The first-order chi connectivity index (χ1) is 6.97. The van der Waals surface area contributed by atoms with E-state index in [1.54, 1.807) is 0 Å². The molecular formula is C10H16N2O2S. The van der Waals surface area contributed by atoms with E-state index in [1.807, 2.05) is 32.7 Å². The van der Waals surface area contributed by atoms with Gasteiger partial charge in [-0.25, -0.2) is 9.78 Å². The van der Waals surface area contributed by atoms with E-state index in [4.69, 9.17) is 5.11 Å². The monoisotopic (exact) mass is 228 g/mol. The number of carboxylic acids is 1. The Hall–Kier alpha value is -1.10. The number of hydrogen-bond acceptors (Lipinski definition) is 4. The molecule has 0 aliphatic rings. The van der Waals surface area contributed by atoms with Crippen LogP contribution in [0.4, 0.5) is 5.13 Å². The van der Waals surface area contributed by atoms with Crippen molar-refractivity contribution in [1.82, 2.24) is 4.98 Å². The normalized spacial score (nSPS) is 10.7. The summed E-state index contributed by atoms with van der Waals surface area (Å²) in [5.74, 6) is -0.882. The smallest absolute Gasteiger partial charge is 0.347 e. The summed E-state index contributed by atoms with van der Waals surface area (Å²) < 4.78 is 0. The van der Waals surface area contributed by atoms with Gasteiger partial charge in [0.05, 0.1) is 5.69 Å². The fourth-order valence-electron chi connectivity index (χ4n) is 1.12. The van der Waals surface area contributed by atoms with Crippen molar-refractivity contribution in [1.29, 1.82) is 0 Å². The van der Waals surface area contributed by atoms with Crippen LogP contribution in [0.25, 0.3) is 0 Å². The van der Waals surface area contributed by atoms with Crippen molar-refractivity contribution in [3.05, 3.63) is 10.6 Å². The molecule has 0 saturated heterocycles. The molecule has 0 aliphatic carbocycles. The first-order valence-corrected chi connectivity index (χ1v) is 5.74. The molecule has 4 nitrogen and oxygen atoms in total. The maximum absolute atomic E-state index is 10.9. The Bertz CT molecular complexity index is 360. The minimum atomic E-state index is -0.882. The molecule has 0 aromatic carbocycles. The number of aryl methyl sites for hydroxylation is 1. The highest BCUT2D eigenvalue weighted by atomic mass is 32.1. The first-order valence-electron chi connectivity index (χ1n) is 4.93. The van der Waals surface area contributed by atoms with E-state index < -0.39 is 5.97 Å². The summed E-state index contributed by atoms with van der Waals surface area (Å²) in [6.07, 6.45) is 0.657. The van der Waals surface area contributed by atoms with Crippen molar-refractivity contribution in [2.24, 2.45) is 0 Å². The zero-order valence-corrected chi connectivity index (χ0v) is 10.3. The maximum atomic E-state index is 10.9. The summed E-state index contributed by atoms with van der Waals surface area (Å²) in [5, 5.41) is 9.76. The van der Waals surface area contributed by atoms with Crippen molar-refractivity contribution in [2.75, 3.05) is 11.9 Å². The molecule has 1 aromatic heterocycles. The van der Waals surface area contributed by atoms with Gasteiger partial charge in [0.2, 0.25) is 0 Å². The number of aromatic nitrogens is 1. The zero-order chi connectivity index (χ0) is 11.6. The molecule has 5 heteroatoms. The Morgan fingerprint density at radius 2 is 2.20 bits per heavy atom. The lowest BCUT2D eigenvalue weighted by molar-refractivity contribution is 0.0701. The minimum absolute atomic E-state index is 0.322. The third-order valence-corrected chi connectivity index (χ3v) is 3.47. The molecular weight excluding hydrogens is 212 g/mol. The third kappa shape index (κ3) is 2.47. The molecule has 1 rings (SSSR count). The molecule has 1 N–H and O–H groups in total. The molecule has 0 aliphatic heterocycles. The first kappa shape index (κ1) is 12.0. The van der Waals surface area contributed by atoms with Crippen molar-refractivity contribution >= 4 is 22.4 Å². The van der Waals surface area contributed by atoms with Gasteiger partial charge in [-0.1, -0.05) is 18.3 Å². The molecule has 1 aromatic rings. The van der Waals surface area contributed by atoms with Gasteiger partial charge in [-0.05, 0) is 20.3 Å². The van der Waals surface area contributed by atoms with Gasteiger partial charge in [0, 0.05) is 13.1 Å². The summed E-state index contributed by atoms with van der Waals surface area (Å²) >= 11 is 1.24. The molecule has 84 valence electrons. The average Bonchev–Trinajstić information content (AvgIpc) is 2.59. The van der Waals surface area contributed by atoms with Crippen molar-refractivity contribution < 1.29 is 9.90 Å².